The predicted octanol–water partition coefficient (Wildman–Crippen LogP) is 1.54. The largest absolute Gasteiger partial charge is 0.378 e. The van der Waals surface area contributed by atoms with Gasteiger partial charge in [0, 0.05) is 12.6 Å². The van der Waals surface area contributed by atoms with Crippen molar-refractivity contribution in [2.45, 2.75) is 45.3 Å². The van der Waals surface area contributed by atoms with Gasteiger partial charge in [-0.05, 0) is 39.0 Å². The fourth-order valence-corrected chi connectivity index (χ4v) is 1.63. The third-order valence-corrected chi connectivity index (χ3v) is 2.53. The van der Waals surface area contributed by atoms with E-state index in [4.69, 9.17) is 10.5 Å². The summed E-state index contributed by atoms with van der Waals surface area (Å²) in [5, 5.41) is 0. The Hall–Kier alpha value is -0.0800. The highest BCUT2D eigenvalue weighted by Crippen LogP contribution is 2.25. The van der Waals surface area contributed by atoms with E-state index in [0.717, 1.165) is 18.9 Å². The lowest BCUT2D eigenvalue weighted by Crippen LogP contribution is -2.18. The van der Waals surface area contributed by atoms with Crippen LogP contribution in [0.1, 0.15) is 33.1 Å². The van der Waals surface area contributed by atoms with Gasteiger partial charge in [-0.1, -0.05) is 0 Å². The normalized spacial score (nSPS) is 34.1. The molecule has 0 saturated carbocycles. The van der Waals surface area contributed by atoms with Gasteiger partial charge in [0.2, 0.25) is 0 Å². The van der Waals surface area contributed by atoms with Crippen LogP contribution in [0.3, 0.4) is 0 Å². The molecular formula is C9H19NO. The Morgan fingerprint density at radius 2 is 2.36 bits per heavy atom. The van der Waals surface area contributed by atoms with Gasteiger partial charge in [-0.25, -0.2) is 0 Å². The monoisotopic (exact) mass is 157 g/mol. The number of hydrogen-bond donors (Lipinski definition) is 1. The van der Waals surface area contributed by atoms with Gasteiger partial charge in [0.1, 0.15) is 0 Å². The van der Waals surface area contributed by atoms with E-state index in [9.17, 15) is 0 Å². The second-order valence-electron chi connectivity index (χ2n) is 3.68. The molecule has 0 bridgehead atoms. The number of hydrogen-bond acceptors (Lipinski definition) is 2. The summed E-state index contributed by atoms with van der Waals surface area (Å²) in [4.78, 5) is 0. The van der Waals surface area contributed by atoms with Crippen LogP contribution in [-0.4, -0.2) is 18.8 Å². The van der Waals surface area contributed by atoms with Crippen LogP contribution in [0.2, 0.25) is 0 Å². The highest BCUT2D eigenvalue weighted by Gasteiger charge is 2.23. The molecule has 1 aliphatic rings. The molecule has 0 spiro atoms. The van der Waals surface area contributed by atoms with Gasteiger partial charge in [-0.15, -0.1) is 0 Å². The van der Waals surface area contributed by atoms with Crippen molar-refractivity contribution in [3.8, 4) is 0 Å². The fraction of sp³-hybridized carbons (Fsp3) is 1.00. The van der Waals surface area contributed by atoms with Crippen LogP contribution in [0, 0.1) is 5.92 Å². The topological polar surface area (TPSA) is 35.2 Å². The van der Waals surface area contributed by atoms with Gasteiger partial charge >= 0.3 is 0 Å². The van der Waals surface area contributed by atoms with E-state index < -0.39 is 0 Å². The van der Waals surface area contributed by atoms with Crippen molar-refractivity contribution in [3.05, 3.63) is 0 Å². The lowest BCUT2D eigenvalue weighted by atomic mass is 9.95. The van der Waals surface area contributed by atoms with Crippen molar-refractivity contribution < 1.29 is 4.74 Å². The van der Waals surface area contributed by atoms with Crippen molar-refractivity contribution in [1.82, 2.24) is 0 Å². The summed E-state index contributed by atoms with van der Waals surface area (Å²) < 4.78 is 5.46. The Morgan fingerprint density at radius 1 is 1.64 bits per heavy atom. The molecule has 1 fully saturated rings. The van der Waals surface area contributed by atoms with Gasteiger partial charge in [0.25, 0.3) is 0 Å². The zero-order valence-corrected chi connectivity index (χ0v) is 7.55. The lowest BCUT2D eigenvalue weighted by molar-refractivity contribution is 0.103. The van der Waals surface area contributed by atoms with Crippen molar-refractivity contribution >= 4 is 0 Å². The van der Waals surface area contributed by atoms with Gasteiger partial charge in [0.05, 0.1) is 6.10 Å². The molecule has 1 saturated heterocycles. The van der Waals surface area contributed by atoms with Crippen LogP contribution in [-0.2, 0) is 4.74 Å². The maximum atomic E-state index is 5.68. The molecule has 66 valence electrons. The standard InChI is InChI=1S/C9H19NO/c1-7(10)3-4-9-5-6-11-8(9)2/h7-9H,3-6,10H2,1-2H3/t7-,8?,9?/m0/s1. The first-order valence-corrected chi connectivity index (χ1v) is 4.57. The van der Waals surface area contributed by atoms with E-state index in [-0.39, 0.29) is 0 Å². The Morgan fingerprint density at radius 3 is 2.82 bits per heavy atom. The molecule has 2 heteroatoms. The molecule has 0 radical (unpaired) electrons. The summed E-state index contributed by atoms with van der Waals surface area (Å²) in [5.74, 6) is 0.765. The smallest absolute Gasteiger partial charge is 0.0576 e. The summed E-state index contributed by atoms with van der Waals surface area (Å²) in [6.45, 7) is 5.18. The molecule has 2 N–H and O–H groups in total. The zero-order valence-electron chi connectivity index (χ0n) is 7.55. The van der Waals surface area contributed by atoms with E-state index in [2.05, 4.69) is 13.8 Å². The average molecular weight is 157 g/mol. The summed E-state index contributed by atoms with van der Waals surface area (Å²) in [6.07, 6.45) is 4.07. The minimum Gasteiger partial charge on any atom is -0.378 e. The van der Waals surface area contributed by atoms with E-state index in [1.165, 1.54) is 12.8 Å². The van der Waals surface area contributed by atoms with E-state index in [1.54, 1.807) is 0 Å². The van der Waals surface area contributed by atoms with Crippen LogP contribution in [0.25, 0.3) is 0 Å². The minimum atomic E-state index is 0.350. The van der Waals surface area contributed by atoms with Crippen LogP contribution < -0.4 is 5.73 Å². The molecule has 0 amide bonds. The molecular weight excluding hydrogens is 138 g/mol. The quantitative estimate of drug-likeness (QED) is 0.674. The third-order valence-electron chi connectivity index (χ3n) is 2.53. The van der Waals surface area contributed by atoms with Crippen molar-refractivity contribution in [2.75, 3.05) is 6.61 Å². The summed E-state index contributed by atoms with van der Waals surface area (Å²) in [7, 11) is 0. The molecule has 2 nitrogen and oxygen atoms in total. The van der Waals surface area contributed by atoms with Crippen LogP contribution in [0.4, 0.5) is 0 Å². The summed E-state index contributed by atoms with van der Waals surface area (Å²) in [6, 6.07) is 0.350. The summed E-state index contributed by atoms with van der Waals surface area (Å²) >= 11 is 0. The number of nitrogens with two attached hydrogens (primary N) is 1. The first-order valence-electron chi connectivity index (χ1n) is 4.57. The van der Waals surface area contributed by atoms with Crippen LogP contribution in [0.5, 0.6) is 0 Å². The van der Waals surface area contributed by atoms with Crippen molar-refractivity contribution in [2.24, 2.45) is 11.7 Å². The first-order chi connectivity index (χ1) is 5.20. The predicted molar refractivity (Wildman–Crippen MR) is 46.4 cm³/mol. The third kappa shape index (κ3) is 2.80. The second-order valence-corrected chi connectivity index (χ2v) is 3.68. The number of rotatable bonds is 3. The Bertz CT molecular complexity index is 114. The number of ether oxygens (including phenoxy) is 1. The van der Waals surface area contributed by atoms with E-state index in [0.29, 0.717) is 12.1 Å². The molecule has 3 atom stereocenters. The molecule has 2 unspecified atom stereocenters. The molecule has 1 aliphatic heterocycles. The molecule has 11 heavy (non-hydrogen) atoms. The van der Waals surface area contributed by atoms with Gasteiger partial charge < -0.3 is 10.5 Å². The van der Waals surface area contributed by atoms with Gasteiger partial charge in [-0.2, -0.15) is 0 Å². The average Bonchev–Trinajstić information content (AvgIpc) is 2.31. The Balaban J connectivity index is 2.15. The second kappa shape index (κ2) is 4.07. The molecule has 1 rings (SSSR count). The maximum Gasteiger partial charge on any atom is 0.0576 e. The fourth-order valence-electron chi connectivity index (χ4n) is 1.63. The highest BCUT2D eigenvalue weighted by atomic mass is 16.5. The highest BCUT2D eigenvalue weighted by molar-refractivity contribution is 4.73. The van der Waals surface area contributed by atoms with Crippen LogP contribution >= 0.6 is 0 Å². The van der Waals surface area contributed by atoms with Gasteiger partial charge in [0.15, 0.2) is 0 Å². The van der Waals surface area contributed by atoms with Crippen molar-refractivity contribution in [3.63, 3.8) is 0 Å². The maximum absolute atomic E-state index is 5.68. The van der Waals surface area contributed by atoms with E-state index in [1.807, 2.05) is 0 Å². The lowest BCUT2D eigenvalue weighted by Gasteiger charge is -2.14. The molecule has 0 aromatic rings. The van der Waals surface area contributed by atoms with Crippen LogP contribution in [0.15, 0.2) is 0 Å². The van der Waals surface area contributed by atoms with Crippen molar-refractivity contribution in [1.29, 1.82) is 0 Å². The van der Waals surface area contributed by atoms with E-state index >= 15 is 0 Å². The minimum absolute atomic E-state index is 0.350. The Kier molecular flexibility index (Phi) is 3.34. The Labute approximate surface area is 69.1 Å². The van der Waals surface area contributed by atoms with Gasteiger partial charge in [-0.3, -0.25) is 0 Å². The summed E-state index contributed by atoms with van der Waals surface area (Å²) in [5.41, 5.74) is 5.68. The first kappa shape index (κ1) is 9.01. The zero-order chi connectivity index (χ0) is 8.27. The molecule has 0 aromatic carbocycles. The molecule has 1 heterocycles. The SMILES string of the molecule is CC1OCCC1CC[C@H](C)N. The molecule has 0 aromatic heterocycles. The molecule has 0 aliphatic carbocycles.